The summed E-state index contributed by atoms with van der Waals surface area (Å²) in [5, 5.41) is 4.22. The lowest BCUT2D eigenvalue weighted by Crippen LogP contribution is -1.99. The standard InChI is InChI=1S/C12H15N3/c1-3-15-11(8-12(13)14-15)10-6-4-9(2)5-7-10/h4-8H,3H2,1-2H3,(H2,13,14). The molecule has 0 bridgehead atoms. The Morgan fingerprint density at radius 3 is 2.53 bits per heavy atom. The minimum Gasteiger partial charge on any atom is -0.382 e. The number of benzene rings is 1. The zero-order valence-corrected chi connectivity index (χ0v) is 9.07. The van der Waals surface area contributed by atoms with Gasteiger partial charge in [-0.3, -0.25) is 4.68 Å². The Balaban J connectivity index is 2.48. The largest absolute Gasteiger partial charge is 0.382 e. The van der Waals surface area contributed by atoms with Crippen molar-refractivity contribution in [2.24, 2.45) is 0 Å². The van der Waals surface area contributed by atoms with Gasteiger partial charge in [0.1, 0.15) is 5.82 Å². The number of hydrogen-bond donors (Lipinski definition) is 1. The third-order valence-electron chi connectivity index (χ3n) is 2.45. The minimum atomic E-state index is 0.576. The maximum atomic E-state index is 5.69. The highest BCUT2D eigenvalue weighted by Crippen LogP contribution is 2.21. The Bertz CT molecular complexity index is 454. The van der Waals surface area contributed by atoms with Gasteiger partial charge in [0.05, 0.1) is 5.69 Å². The first-order chi connectivity index (χ1) is 7.20. The number of aromatic nitrogens is 2. The van der Waals surface area contributed by atoms with Crippen LogP contribution in [0.4, 0.5) is 5.82 Å². The molecule has 1 aromatic carbocycles. The molecule has 0 radical (unpaired) electrons. The normalized spacial score (nSPS) is 10.5. The van der Waals surface area contributed by atoms with Gasteiger partial charge >= 0.3 is 0 Å². The summed E-state index contributed by atoms with van der Waals surface area (Å²) in [4.78, 5) is 0. The molecule has 3 nitrogen and oxygen atoms in total. The second kappa shape index (κ2) is 3.77. The van der Waals surface area contributed by atoms with Crippen LogP contribution >= 0.6 is 0 Å². The van der Waals surface area contributed by atoms with Crippen LogP contribution in [0.2, 0.25) is 0 Å². The van der Waals surface area contributed by atoms with Crippen molar-refractivity contribution in [3.05, 3.63) is 35.9 Å². The summed E-state index contributed by atoms with van der Waals surface area (Å²) in [5.41, 5.74) is 9.19. The average Bonchev–Trinajstić information content (AvgIpc) is 2.61. The van der Waals surface area contributed by atoms with Crippen LogP contribution in [0.25, 0.3) is 11.3 Å². The fourth-order valence-electron chi connectivity index (χ4n) is 1.63. The van der Waals surface area contributed by atoms with Gasteiger partial charge in [-0.1, -0.05) is 29.8 Å². The van der Waals surface area contributed by atoms with E-state index in [4.69, 9.17) is 5.73 Å². The summed E-state index contributed by atoms with van der Waals surface area (Å²) in [5.74, 6) is 0.576. The van der Waals surface area contributed by atoms with E-state index in [2.05, 4.69) is 43.2 Å². The van der Waals surface area contributed by atoms with E-state index in [0.717, 1.165) is 17.8 Å². The van der Waals surface area contributed by atoms with Crippen LogP contribution < -0.4 is 5.73 Å². The van der Waals surface area contributed by atoms with E-state index >= 15 is 0 Å². The summed E-state index contributed by atoms with van der Waals surface area (Å²) in [6, 6.07) is 10.3. The molecule has 0 aliphatic carbocycles. The second-order valence-corrected chi connectivity index (χ2v) is 3.64. The molecule has 78 valence electrons. The molecule has 0 atom stereocenters. The van der Waals surface area contributed by atoms with Gasteiger partial charge in [0.25, 0.3) is 0 Å². The Morgan fingerprint density at radius 2 is 1.93 bits per heavy atom. The van der Waals surface area contributed by atoms with Gasteiger partial charge in [-0.15, -0.1) is 0 Å². The second-order valence-electron chi connectivity index (χ2n) is 3.64. The number of rotatable bonds is 2. The minimum absolute atomic E-state index is 0.576. The van der Waals surface area contributed by atoms with Crippen molar-refractivity contribution >= 4 is 5.82 Å². The van der Waals surface area contributed by atoms with Gasteiger partial charge in [-0.05, 0) is 19.4 Å². The maximum absolute atomic E-state index is 5.69. The Hall–Kier alpha value is -1.77. The van der Waals surface area contributed by atoms with E-state index < -0.39 is 0 Å². The van der Waals surface area contributed by atoms with Crippen molar-refractivity contribution in [3.63, 3.8) is 0 Å². The summed E-state index contributed by atoms with van der Waals surface area (Å²) < 4.78 is 1.92. The molecule has 2 rings (SSSR count). The van der Waals surface area contributed by atoms with Gasteiger partial charge in [0, 0.05) is 12.6 Å². The monoisotopic (exact) mass is 201 g/mol. The van der Waals surface area contributed by atoms with Crippen molar-refractivity contribution in [3.8, 4) is 11.3 Å². The van der Waals surface area contributed by atoms with Crippen LogP contribution in [-0.4, -0.2) is 9.78 Å². The van der Waals surface area contributed by atoms with Crippen molar-refractivity contribution in [1.29, 1.82) is 0 Å². The van der Waals surface area contributed by atoms with Gasteiger partial charge in [0.15, 0.2) is 0 Å². The van der Waals surface area contributed by atoms with Gasteiger partial charge < -0.3 is 5.73 Å². The van der Waals surface area contributed by atoms with Gasteiger partial charge in [-0.25, -0.2) is 0 Å². The number of aryl methyl sites for hydroxylation is 2. The van der Waals surface area contributed by atoms with Gasteiger partial charge in [-0.2, -0.15) is 5.10 Å². The predicted molar refractivity (Wildman–Crippen MR) is 62.5 cm³/mol. The highest BCUT2D eigenvalue weighted by atomic mass is 15.3. The van der Waals surface area contributed by atoms with E-state index in [1.807, 2.05) is 10.7 Å². The molecule has 0 fully saturated rings. The first-order valence-corrected chi connectivity index (χ1v) is 5.11. The molecule has 15 heavy (non-hydrogen) atoms. The van der Waals surface area contributed by atoms with E-state index in [1.165, 1.54) is 5.56 Å². The molecule has 2 aromatic rings. The molecule has 0 unspecified atom stereocenters. The number of anilines is 1. The molecule has 1 heterocycles. The van der Waals surface area contributed by atoms with E-state index in [-0.39, 0.29) is 0 Å². The maximum Gasteiger partial charge on any atom is 0.146 e. The number of hydrogen-bond acceptors (Lipinski definition) is 2. The van der Waals surface area contributed by atoms with Crippen LogP contribution in [-0.2, 0) is 6.54 Å². The predicted octanol–water partition coefficient (Wildman–Crippen LogP) is 2.46. The molecule has 3 heteroatoms. The van der Waals surface area contributed by atoms with E-state index in [1.54, 1.807) is 0 Å². The topological polar surface area (TPSA) is 43.8 Å². The number of nitrogen functional groups attached to an aromatic ring is 1. The fourth-order valence-corrected chi connectivity index (χ4v) is 1.63. The molecular weight excluding hydrogens is 186 g/mol. The Morgan fingerprint density at radius 1 is 1.27 bits per heavy atom. The average molecular weight is 201 g/mol. The zero-order chi connectivity index (χ0) is 10.8. The summed E-state index contributed by atoms with van der Waals surface area (Å²) >= 11 is 0. The van der Waals surface area contributed by atoms with Crippen LogP contribution in [0.3, 0.4) is 0 Å². The van der Waals surface area contributed by atoms with Crippen LogP contribution in [0.1, 0.15) is 12.5 Å². The molecule has 0 saturated carbocycles. The smallest absolute Gasteiger partial charge is 0.146 e. The van der Waals surface area contributed by atoms with E-state index in [0.29, 0.717) is 5.82 Å². The Labute approximate surface area is 89.5 Å². The quantitative estimate of drug-likeness (QED) is 0.811. The summed E-state index contributed by atoms with van der Waals surface area (Å²) in [6.45, 7) is 4.97. The molecular formula is C12H15N3. The third kappa shape index (κ3) is 1.86. The van der Waals surface area contributed by atoms with Crippen molar-refractivity contribution in [1.82, 2.24) is 9.78 Å². The van der Waals surface area contributed by atoms with Crippen molar-refractivity contribution in [2.75, 3.05) is 5.73 Å². The zero-order valence-electron chi connectivity index (χ0n) is 9.07. The molecule has 0 amide bonds. The molecule has 0 aliphatic heterocycles. The Kier molecular flexibility index (Phi) is 2.46. The SMILES string of the molecule is CCn1nc(N)cc1-c1ccc(C)cc1. The van der Waals surface area contributed by atoms with E-state index in [9.17, 15) is 0 Å². The van der Waals surface area contributed by atoms with Crippen molar-refractivity contribution in [2.45, 2.75) is 20.4 Å². The first kappa shape index (κ1) is 9.77. The lowest BCUT2D eigenvalue weighted by molar-refractivity contribution is 0.670. The molecule has 0 aliphatic rings. The summed E-state index contributed by atoms with van der Waals surface area (Å²) in [6.07, 6.45) is 0. The highest BCUT2D eigenvalue weighted by Gasteiger charge is 2.06. The van der Waals surface area contributed by atoms with Gasteiger partial charge in [0.2, 0.25) is 0 Å². The lowest BCUT2D eigenvalue weighted by Gasteiger charge is -2.04. The summed E-state index contributed by atoms with van der Waals surface area (Å²) in [7, 11) is 0. The number of nitrogens with two attached hydrogens (primary N) is 1. The molecule has 1 aromatic heterocycles. The van der Waals surface area contributed by atoms with Crippen molar-refractivity contribution < 1.29 is 0 Å². The lowest BCUT2D eigenvalue weighted by atomic mass is 10.1. The van der Waals surface area contributed by atoms with Crippen LogP contribution in [0, 0.1) is 6.92 Å². The molecule has 2 N–H and O–H groups in total. The van der Waals surface area contributed by atoms with Crippen LogP contribution in [0.5, 0.6) is 0 Å². The molecule has 0 saturated heterocycles. The van der Waals surface area contributed by atoms with Crippen LogP contribution in [0.15, 0.2) is 30.3 Å². The highest BCUT2D eigenvalue weighted by molar-refractivity contribution is 5.63. The first-order valence-electron chi connectivity index (χ1n) is 5.11. The fraction of sp³-hybridized carbons (Fsp3) is 0.250. The molecule has 0 spiro atoms. The number of nitrogens with zero attached hydrogens (tertiary/aromatic N) is 2. The third-order valence-corrected chi connectivity index (χ3v) is 2.45.